The van der Waals surface area contributed by atoms with Gasteiger partial charge >= 0.3 is 0 Å². The predicted molar refractivity (Wildman–Crippen MR) is 103 cm³/mol. The molecule has 2 rings (SSSR count). The van der Waals surface area contributed by atoms with Crippen LogP contribution in [0.5, 0.6) is 0 Å². The van der Waals surface area contributed by atoms with Crippen LogP contribution in [0.3, 0.4) is 0 Å². The Morgan fingerprint density at radius 2 is 1.72 bits per heavy atom. The van der Waals surface area contributed by atoms with Gasteiger partial charge in [0.2, 0.25) is 10.0 Å². The second kappa shape index (κ2) is 8.67. The van der Waals surface area contributed by atoms with Crippen molar-refractivity contribution >= 4 is 27.3 Å². The Balaban J connectivity index is 2.01. The zero-order chi connectivity index (χ0) is 18.3. The molecule has 0 aliphatic rings. The van der Waals surface area contributed by atoms with E-state index in [1.165, 1.54) is 30.9 Å². The van der Waals surface area contributed by atoms with Crippen molar-refractivity contribution in [3.63, 3.8) is 0 Å². The molecule has 25 heavy (non-hydrogen) atoms. The minimum Gasteiger partial charge on any atom is -0.322 e. The molecule has 0 heterocycles. The highest BCUT2D eigenvalue weighted by Crippen LogP contribution is 2.16. The van der Waals surface area contributed by atoms with Crippen molar-refractivity contribution in [1.29, 1.82) is 0 Å². The molecule has 6 heteroatoms. The Kier molecular flexibility index (Phi) is 6.58. The molecule has 1 amide bonds. The first kappa shape index (κ1) is 19.0. The number of nitrogens with one attached hydrogen (secondary N) is 2. The maximum Gasteiger partial charge on any atom is 0.255 e. The standard InChI is InChI=1S/C19H24N2O3S/c1-3-4-5-7-15-10-12-17(13-11-15)20-19(22)16-8-6-9-18(14-16)21-25(2,23)24/h6,8-14,21H,3-5,7H2,1-2H3,(H,20,22). The van der Waals surface area contributed by atoms with Gasteiger partial charge in [-0.1, -0.05) is 38.0 Å². The summed E-state index contributed by atoms with van der Waals surface area (Å²) in [5, 5.41) is 2.83. The van der Waals surface area contributed by atoms with Crippen LogP contribution in [0.15, 0.2) is 48.5 Å². The molecule has 2 aromatic carbocycles. The summed E-state index contributed by atoms with van der Waals surface area (Å²) in [5.41, 5.74) is 2.72. The number of carbonyl (C=O) groups excluding carboxylic acids is 1. The summed E-state index contributed by atoms with van der Waals surface area (Å²) in [4.78, 5) is 12.3. The van der Waals surface area contributed by atoms with Crippen LogP contribution in [0.4, 0.5) is 11.4 Å². The fourth-order valence-corrected chi connectivity index (χ4v) is 3.03. The molecule has 0 aromatic heterocycles. The van der Waals surface area contributed by atoms with Gasteiger partial charge in [0.15, 0.2) is 0 Å². The second-order valence-corrected chi connectivity index (χ2v) is 7.81. The van der Waals surface area contributed by atoms with Crippen molar-refractivity contribution in [2.75, 3.05) is 16.3 Å². The number of rotatable bonds is 8. The van der Waals surface area contributed by atoms with E-state index in [2.05, 4.69) is 17.0 Å². The third kappa shape index (κ3) is 6.58. The molecule has 0 saturated heterocycles. The van der Waals surface area contributed by atoms with Crippen LogP contribution in [0.2, 0.25) is 0 Å². The SMILES string of the molecule is CCCCCc1ccc(NC(=O)c2cccc(NS(C)(=O)=O)c2)cc1. The third-order valence-electron chi connectivity index (χ3n) is 3.71. The van der Waals surface area contributed by atoms with E-state index in [9.17, 15) is 13.2 Å². The number of anilines is 2. The van der Waals surface area contributed by atoms with Crippen LogP contribution in [-0.4, -0.2) is 20.6 Å². The zero-order valence-electron chi connectivity index (χ0n) is 14.6. The van der Waals surface area contributed by atoms with Gasteiger partial charge in [-0.25, -0.2) is 8.42 Å². The largest absolute Gasteiger partial charge is 0.322 e. The lowest BCUT2D eigenvalue weighted by Gasteiger charge is -2.09. The maximum absolute atomic E-state index is 12.3. The first-order chi connectivity index (χ1) is 11.9. The number of sulfonamides is 1. The molecule has 0 radical (unpaired) electrons. The number of carbonyl (C=O) groups is 1. The second-order valence-electron chi connectivity index (χ2n) is 6.06. The van der Waals surface area contributed by atoms with Crippen molar-refractivity contribution in [2.45, 2.75) is 32.6 Å². The van der Waals surface area contributed by atoms with Crippen LogP contribution >= 0.6 is 0 Å². The van der Waals surface area contributed by atoms with E-state index in [1.807, 2.05) is 24.3 Å². The summed E-state index contributed by atoms with van der Waals surface area (Å²) >= 11 is 0. The van der Waals surface area contributed by atoms with E-state index in [-0.39, 0.29) is 5.91 Å². The van der Waals surface area contributed by atoms with Gasteiger partial charge < -0.3 is 5.32 Å². The Bertz CT molecular complexity index is 815. The number of hydrogen-bond acceptors (Lipinski definition) is 3. The number of amides is 1. The topological polar surface area (TPSA) is 75.3 Å². The molecule has 5 nitrogen and oxygen atoms in total. The van der Waals surface area contributed by atoms with Gasteiger partial charge in [-0.05, 0) is 48.7 Å². The Labute approximate surface area is 149 Å². The molecule has 0 aliphatic heterocycles. The number of hydrogen-bond donors (Lipinski definition) is 2. The molecule has 0 spiro atoms. The normalized spacial score (nSPS) is 11.1. The average molecular weight is 360 g/mol. The van der Waals surface area contributed by atoms with E-state index in [0.717, 1.165) is 12.7 Å². The Hall–Kier alpha value is -2.34. The lowest BCUT2D eigenvalue weighted by Crippen LogP contribution is -2.13. The minimum atomic E-state index is -3.37. The first-order valence-corrected chi connectivity index (χ1v) is 10.2. The third-order valence-corrected chi connectivity index (χ3v) is 4.32. The zero-order valence-corrected chi connectivity index (χ0v) is 15.4. The van der Waals surface area contributed by atoms with E-state index in [4.69, 9.17) is 0 Å². The fraction of sp³-hybridized carbons (Fsp3) is 0.316. The summed E-state index contributed by atoms with van der Waals surface area (Å²) in [7, 11) is -3.37. The van der Waals surface area contributed by atoms with Gasteiger partial charge in [-0.15, -0.1) is 0 Å². The van der Waals surface area contributed by atoms with Crippen molar-refractivity contribution in [3.05, 3.63) is 59.7 Å². The first-order valence-electron chi connectivity index (χ1n) is 8.35. The fourth-order valence-electron chi connectivity index (χ4n) is 2.48. The lowest BCUT2D eigenvalue weighted by atomic mass is 10.1. The average Bonchev–Trinajstić information content (AvgIpc) is 2.55. The van der Waals surface area contributed by atoms with Crippen molar-refractivity contribution in [1.82, 2.24) is 0 Å². The maximum atomic E-state index is 12.3. The van der Waals surface area contributed by atoms with Crippen LogP contribution in [0.1, 0.15) is 42.1 Å². The van der Waals surface area contributed by atoms with Gasteiger partial charge in [0, 0.05) is 16.9 Å². The molecule has 0 aliphatic carbocycles. The van der Waals surface area contributed by atoms with Crippen molar-refractivity contribution < 1.29 is 13.2 Å². The molecule has 0 saturated carbocycles. The van der Waals surface area contributed by atoms with Crippen molar-refractivity contribution in [3.8, 4) is 0 Å². The molecular formula is C19H24N2O3S. The molecule has 2 aromatic rings. The lowest BCUT2D eigenvalue weighted by molar-refractivity contribution is 0.102. The van der Waals surface area contributed by atoms with Crippen LogP contribution in [0.25, 0.3) is 0 Å². The van der Waals surface area contributed by atoms with Crippen LogP contribution in [-0.2, 0) is 16.4 Å². The van der Waals surface area contributed by atoms with Crippen molar-refractivity contribution in [2.24, 2.45) is 0 Å². The molecule has 134 valence electrons. The van der Waals surface area contributed by atoms with Gasteiger partial charge in [0.05, 0.1) is 6.26 Å². The number of benzene rings is 2. The van der Waals surface area contributed by atoms with E-state index < -0.39 is 10.0 Å². The summed E-state index contributed by atoms with van der Waals surface area (Å²) in [6.45, 7) is 2.18. The van der Waals surface area contributed by atoms with Gasteiger partial charge in [-0.2, -0.15) is 0 Å². The molecule has 0 bridgehead atoms. The predicted octanol–water partition coefficient (Wildman–Crippen LogP) is 4.04. The molecule has 2 N–H and O–H groups in total. The summed E-state index contributed by atoms with van der Waals surface area (Å²) < 4.78 is 24.9. The van der Waals surface area contributed by atoms with Gasteiger partial charge in [0.25, 0.3) is 5.91 Å². The highest BCUT2D eigenvalue weighted by atomic mass is 32.2. The Morgan fingerprint density at radius 1 is 1.00 bits per heavy atom. The highest BCUT2D eigenvalue weighted by Gasteiger charge is 2.09. The monoisotopic (exact) mass is 360 g/mol. The molecular weight excluding hydrogens is 336 g/mol. The molecule has 0 fully saturated rings. The Morgan fingerprint density at radius 3 is 2.36 bits per heavy atom. The van der Waals surface area contributed by atoms with Gasteiger partial charge in [0.1, 0.15) is 0 Å². The van der Waals surface area contributed by atoms with E-state index in [1.54, 1.807) is 18.2 Å². The molecule has 0 unspecified atom stereocenters. The highest BCUT2D eigenvalue weighted by molar-refractivity contribution is 7.92. The van der Waals surface area contributed by atoms with Crippen LogP contribution in [0, 0.1) is 0 Å². The van der Waals surface area contributed by atoms with Gasteiger partial charge in [-0.3, -0.25) is 9.52 Å². The molecule has 0 atom stereocenters. The van der Waals surface area contributed by atoms with E-state index in [0.29, 0.717) is 16.9 Å². The summed E-state index contributed by atoms with van der Waals surface area (Å²) in [6.07, 6.45) is 5.70. The quantitative estimate of drug-likeness (QED) is 0.698. The van der Waals surface area contributed by atoms with Crippen LogP contribution < -0.4 is 10.0 Å². The van der Waals surface area contributed by atoms with E-state index >= 15 is 0 Å². The number of unbranched alkanes of at least 4 members (excludes halogenated alkanes) is 2. The smallest absolute Gasteiger partial charge is 0.255 e. The minimum absolute atomic E-state index is 0.282. The summed E-state index contributed by atoms with van der Waals surface area (Å²) in [6, 6.07) is 14.2. The number of aryl methyl sites for hydroxylation is 1. The summed E-state index contributed by atoms with van der Waals surface area (Å²) in [5.74, 6) is -0.282.